The van der Waals surface area contributed by atoms with Gasteiger partial charge < -0.3 is 19.4 Å². The van der Waals surface area contributed by atoms with Crippen LogP contribution in [-0.2, 0) is 9.30 Å². The van der Waals surface area contributed by atoms with Crippen molar-refractivity contribution >= 4 is 7.82 Å². The maximum atomic E-state index is 8.88. The summed E-state index contributed by atoms with van der Waals surface area (Å²) in [5.74, 6) is 1.61. The Bertz CT molecular complexity index is 495. The van der Waals surface area contributed by atoms with Gasteiger partial charge in [-0.25, -0.2) is 4.57 Å². The van der Waals surface area contributed by atoms with Crippen LogP contribution in [0.1, 0.15) is 207 Å². The second-order valence-corrected chi connectivity index (χ2v) is 14.0. The van der Waals surface area contributed by atoms with Gasteiger partial charge in [0.15, 0.2) is 0 Å². The van der Waals surface area contributed by atoms with Crippen LogP contribution >= 0.6 is 7.82 Å². The summed E-state index contributed by atoms with van der Waals surface area (Å²) in [5, 5.41) is 0. The number of unbranched alkanes of at least 4 members (excludes halogenated alkanes) is 20. The number of hydrogen-bond acceptors (Lipinski definition) is 2. The third kappa shape index (κ3) is 42.2. The van der Waals surface area contributed by atoms with E-state index in [9.17, 15) is 0 Å². The summed E-state index contributed by atoms with van der Waals surface area (Å²) in [6, 6.07) is 0. The van der Waals surface area contributed by atoms with Crippen molar-refractivity contribution in [2.75, 3.05) is 13.2 Å². The van der Waals surface area contributed by atoms with Gasteiger partial charge in [0.25, 0.3) is 0 Å². The van der Waals surface area contributed by atoms with E-state index in [0.29, 0.717) is 0 Å². The van der Waals surface area contributed by atoms with Crippen LogP contribution in [0.5, 0.6) is 0 Å². The fourth-order valence-electron chi connectivity index (χ4n) is 5.88. The Hall–Kier alpha value is 0.0700. The molecular weight excluding hydrogens is 543 g/mol. The molecule has 0 bridgehead atoms. The number of phosphoric acid groups is 1. The van der Waals surface area contributed by atoms with Crippen LogP contribution in [0.3, 0.4) is 0 Å². The second kappa shape index (κ2) is 35.5. The first-order valence-electron chi connectivity index (χ1n) is 18.6. The van der Waals surface area contributed by atoms with Crippen LogP contribution in [0.2, 0.25) is 0 Å². The van der Waals surface area contributed by atoms with Gasteiger partial charge in [-0.1, -0.05) is 182 Å². The molecule has 0 aromatic rings. The highest BCUT2D eigenvalue weighted by Gasteiger charge is 2.13. The SMILES string of the molecule is CCCCCCCCCCC(CCCCCC)COCC(CCCCCC)CCCCCCCCCC.O=P(O)(O)O. The minimum atomic E-state index is -4.64. The normalized spacial score (nSPS) is 13.1. The van der Waals surface area contributed by atoms with E-state index in [1.807, 2.05) is 0 Å². The molecule has 0 spiro atoms. The molecule has 2 atom stereocenters. The van der Waals surface area contributed by atoms with Crippen molar-refractivity contribution in [1.29, 1.82) is 0 Å². The molecule has 42 heavy (non-hydrogen) atoms. The Morgan fingerprint density at radius 3 is 0.833 bits per heavy atom. The number of ether oxygens (including phenoxy) is 1. The van der Waals surface area contributed by atoms with Gasteiger partial charge in [-0.05, 0) is 37.5 Å². The zero-order valence-electron chi connectivity index (χ0n) is 29.0. The topological polar surface area (TPSA) is 87.0 Å². The van der Waals surface area contributed by atoms with Gasteiger partial charge in [-0.3, -0.25) is 0 Å². The molecule has 2 unspecified atom stereocenters. The number of hydrogen-bond donors (Lipinski definition) is 3. The molecule has 0 heterocycles. The van der Waals surface area contributed by atoms with Crippen molar-refractivity contribution in [3.63, 3.8) is 0 Å². The number of rotatable bonds is 32. The summed E-state index contributed by atoms with van der Waals surface area (Å²) in [6.45, 7) is 11.3. The van der Waals surface area contributed by atoms with Crippen molar-refractivity contribution in [3.8, 4) is 0 Å². The maximum Gasteiger partial charge on any atom is 0.466 e. The molecule has 5 nitrogen and oxygen atoms in total. The maximum absolute atomic E-state index is 8.88. The largest absolute Gasteiger partial charge is 0.466 e. The summed E-state index contributed by atoms with van der Waals surface area (Å²) in [7, 11) is -4.64. The highest BCUT2D eigenvalue weighted by molar-refractivity contribution is 7.45. The minimum absolute atomic E-state index is 0.806. The first kappa shape index (κ1) is 44.2. The molecule has 0 saturated heterocycles. The van der Waals surface area contributed by atoms with E-state index in [1.54, 1.807) is 0 Å². The lowest BCUT2D eigenvalue weighted by Crippen LogP contribution is -2.16. The smallest absolute Gasteiger partial charge is 0.381 e. The first-order valence-corrected chi connectivity index (χ1v) is 20.2. The molecule has 0 aliphatic carbocycles. The van der Waals surface area contributed by atoms with Gasteiger partial charge in [0.2, 0.25) is 0 Å². The molecule has 0 rings (SSSR count). The van der Waals surface area contributed by atoms with Crippen LogP contribution in [0.25, 0.3) is 0 Å². The van der Waals surface area contributed by atoms with E-state index in [0.717, 1.165) is 25.0 Å². The summed E-state index contributed by atoms with van der Waals surface area (Å²) in [5.41, 5.74) is 0. The quantitative estimate of drug-likeness (QED) is 0.0514. The van der Waals surface area contributed by atoms with Crippen molar-refractivity contribution in [2.24, 2.45) is 11.8 Å². The predicted octanol–water partition coefficient (Wildman–Crippen LogP) is 12.3. The highest BCUT2D eigenvalue weighted by Crippen LogP contribution is 2.26. The first-order chi connectivity index (χ1) is 20.3. The summed E-state index contributed by atoms with van der Waals surface area (Å²) >= 11 is 0. The molecule has 3 N–H and O–H groups in total. The molecule has 0 aromatic carbocycles. The predicted molar refractivity (Wildman–Crippen MR) is 184 cm³/mol. The molecule has 0 fully saturated rings. The lowest BCUT2D eigenvalue weighted by atomic mass is 9.94. The van der Waals surface area contributed by atoms with E-state index >= 15 is 0 Å². The van der Waals surface area contributed by atoms with Gasteiger partial charge in [0.1, 0.15) is 0 Å². The van der Waals surface area contributed by atoms with E-state index in [4.69, 9.17) is 24.0 Å². The molecule has 0 radical (unpaired) electrons. The Labute approximate surface area is 264 Å². The molecule has 0 aliphatic rings. The standard InChI is InChI=1S/C36H74O.H3O4P/c1-5-9-13-17-19-21-23-27-31-35(29-25-15-11-7-3)33-37-34-36(30-26-16-12-8-4)32-28-24-22-20-18-14-10-6-2;1-5(2,3)4/h35-36H,5-34H2,1-4H3;(H3,1,2,3,4). The van der Waals surface area contributed by atoms with Gasteiger partial charge in [-0.15, -0.1) is 0 Å². The van der Waals surface area contributed by atoms with Crippen LogP contribution in [0.15, 0.2) is 0 Å². The van der Waals surface area contributed by atoms with E-state index < -0.39 is 7.82 Å². The van der Waals surface area contributed by atoms with Crippen molar-refractivity contribution in [1.82, 2.24) is 0 Å². The zero-order valence-corrected chi connectivity index (χ0v) is 29.9. The fraction of sp³-hybridized carbons (Fsp3) is 1.00. The summed E-state index contributed by atoms with van der Waals surface area (Å²) < 4.78 is 15.4. The van der Waals surface area contributed by atoms with Crippen LogP contribution in [0, 0.1) is 11.8 Å². The van der Waals surface area contributed by atoms with E-state index in [1.165, 1.54) is 180 Å². The van der Waals surface area contributed by atoms with E-state index in [-0.39, 0.29) is 0 Å². The Morgan fingerprint density at radius 2 is 0.595 bits per heavy atom. The molecule has 0 saturated carbocycles. The third-order valence-corrected chi connectivity index (χ3v) is 8.57. The third-order valence-electron chi connectivity index (χ3n) is 8.57. The van der Waals surface area contributed by atoms with Crippen molar-refractivity contribution in [3.05, 3.63) is 0 Å². The van der Waals surface area contributed by atoms with Crippen molar-refractivity contribution in [2.45, 2.75) is 207 Å². The Balaban J connectivity index is 0. The molecule has 0 amide bonds. The van der Waals surface area contributed by atoms with Crippen LogP contribution < -0.4 is 0 Å². The summed E-state index contributed by atoms with van der Waals surface area (Å²) in [6.07, 6.45) is 39.7. The van der Waals surface area contributed by atoms with Crippen LogP contribution in [0.4, 0.5) is 0 Å². The van der Waals surface area contributed by atoms with Crippen molar-refractivity contribution < 1.29 is 24.0 Å². The Kier molecular flexibility index (Phi) is 37.4. The van der Waals surface area contributed by atoms with Gasteiger partial charge in [0.05, 0.1) is 0 Å². The highest BCUT2D eigenvalue weighted by atomic mass is 31.2. The fourth-order valence-corrected chi connectivity index (χ4v) is 5.88. The lowest BCUT2D eigenvalue weighted by molar-refractivity contribution is 0.0587. The van der Waals surface area contributed by atoms with Crippen LogP contribution in [-0.4, -0.2) is 27.9 Å². The monoisotopic (exact) mass is 621 g/mol. The average molecular weight is 621 g/mol. The van der Waals surface area contributed by atoms with Gasteiger partial charge in [0, 0.05) is 13.2 Å². The molecule has 6 heteroatoms. The van der Waals surface area contributed by atoms with Gasteiger partial charge >= 0.3 is 7.82 Å². The van der Waals surface area contributed by atoms with Gasteiger partial charge in [-0.2, -0.15) is 0 Å². The average Bonchev–Trinajstić information content (AvgIpc) is 2.94. The minimum Gasteiger partial charge on any atom is -0.381 e. The summed E-state index contributed by atoms with van der Waals surface area (Å²) in [4.78, 5) is 21.6. The lowest BCUT2D eigenvalue weighted by Gasteiger charge is -2.21. The van der Waals surface area contributed by atoms with E-state index in [2.05, 4.69) is 27.7 Å². The molecule has 256 valence electrons. The molecule has 0 aliphatic heterocycles. The molecule has 0 aromatic heterocycles. The molecular formula is C36H77O5P. The Morgan fingerprint density at radius 1 is 0.405 bits per heavy atom. The zero-order chi connectivity index (χ0) is 31.6. The second-order valence-electron chi connectivity index (χ2n) is 13.0.